The number of hydrogen-bond acceptors (Lipinski definition) is 4. The second-order valence-electron chi connectivity index (χ2n) is 2.88. The van der Waals surface area contributed by atoms with Gasteiger partial charge in [-0.05, 0) is 0 Å². The van der Waals surface area contributed by atoms with Crippen LogP contribution in [0.1, 0.15) is 13.3 Å². The molecule has 5 heteroatoms. The average molecular weight is 190 g/mol. The van der Waals surface area contributed by atoms with E-state index in [1.165, 1.54) is 0 Å². The van der Waals surface area contributed by atoms with Crippen LogP contribution in [0.4, 0.5) is 0 Å². The zero-order valence-corrected chi connectivity index (χ0v) is 7.89. The Kier molecular flexibility index (Phi) is 3.84. The maximum Gasteiger partial charge on any atom is 0.234 e. The molecule has 0 bridgehead atoms. The molecule has 1 aliphatic rings. The van der Waals surface area contributed by atoms with E-state index in [0.29, 0.717) is 16.9 Å². The molecule has 0 aromatic carbocycles. The summed E-state index contributed by atoms with van der Waals surface area (Å²) in [6, 6.07) is 0. The third kappa shape index (κ3) is 3.00. The molecule has 1 heterocycles. The molecule has 1 rings (SSSR count). The van der Waals surface area contributed by atoms with E-state index < -0.39 is 0 Å². The van der Waals surface area contributed by atoms with Gasteiger partial charge in [-0.1, -0.05) is 6.92 Å². The van der Waals surface area contributed by atoms with Gasteiger partial charge in [-0.25, -0.2) is 5.84 Å². The molecule has 1 fully saturated rings. The van der Waals surface area contributed by atoms with E-state index in [4.69, 9.17) is 10.6 Å². The highest BCUT2D eigenvalue weighted by Crippen LogP contribution is 2.25. The molecule has 1 amide bonds. The summed E-state index contributed by atoms with van der Waals surface area (Å²) < 4.78 is 5.02. The number of nitrogens with one attached hydrogen (secondary N) is 1. The Morgan fingerprint density at radius 1 is 1.83 bits per heavy atom. The van der Waals surface area contributed by atoms with Gasteiger partial charge in [-0.2, -0.15) is 11.8 Å². The molecule has 0 radical (unpaired) electrons. The number of carbonyl (C=O) groups excluding carboxylic acids is 1. The molecule has 0 aromatic rings. The van der Waals surface area contributed by atoms with Crippen molar-refractivity contribution in [2.24, 2.45) is 5.84 Å². The summed E-state index contributed by atoms with van der Waals surface area (Å²) in [6.07, 6.45) is 0.484. The molecule has 0 saturated carbocycles. The van der Waals surface area contributed by atoms with Gasteiger partial charge >= 0.3 is 0 Å². The second kappa shape index (κ2) is 4.69. The van der Waals surface area contributed by atoms with Gasteiger partial charge in [0.2, 0.25) is 5.91 Å². The highest BCUT2D eigenvalue weighted by Gasteiger charge is 2.22. The lowest BCUT2D eigenvalue weighted by molar-refractivity contribution is -0.121. The molecule has 70 valence electrons. The molecule has 3 N–H and O–H groups in total. The van der Waals surface area contributed by atoms with Crippen LogP contribution in [0.5, 0.6) is 0 Å². The van der Waals surface area contributed by atoms with Crippen LogP contribution in [0.3, 0.4) is 0 Å². The van der Waals surface area contributed by atoms with Gasteiger partial charge in [0.15, 0.2) is 0 Å². The smallest absolute Gasteiger partial charge is 0.234 e. The average Bonchev–Trinajstić information content (AvgIpc) is 1.97. The van der Waals surface area contributed by atoms with Crippen LogP contribution >= 0.6 is 11.8 Å². The first kappa shape index (κ1) is 9.83. The van der Waals surface area contributed by atoms with Crippen molar-refractivity contribution in [2.75, 3.05) is 13.2 Å². The third-order valence-corrected chi connectivity index (χ3v) is 2.95. The van der Waals surface area contributed by atoms with Crippen LogP contribution in [0.15, 0.2) is 0 Å². The van der Waals surface area contributed by atoms with Gasteiger partial charge < -0.3 is 4.74 Å². The van der Waals surface area contributed by atoms with E-state index in [1.807, 2.05) is 6.92 Å². The minimum Gasteiger partial charge on any atom is -0.379 e. The molecule has 4 nitrogen and oxygen atoms in total. The largest absolute Gasteiger partial charge is 0.379 e. The van der Waals surface area contributed by atoms with E-state index >= 15 is 0 Å². The van der Waals surface area contributed by atoms with Crippen molar-refractivity contribution in [3.63, 3.8) is 0 Å². The van der Waals surface area contributed by atoms with Gasteiger partial charge in [0.1, 0.15) is 0 Å². The van der Waals surface area contributed by atoms with E-state index in [-0.39, 0.29) is 5.91 Å². The molecule has 0 aliphatic carbocycles. The van der Waals surface area contributed by atoms with Crippen molar-refractivity contribution in [1.29, 1.82) is 0 Å². The Morgan fingerprint density at radius 3 is 2.92 bits per heavy atom. The first-order valence-electron chi connectivity index (χ1n) is 3.95. The first-order valence-corrected chi connectivity index (χ1v) is 4.89. The van der Waals surface area contributed by atoms with Gasteiger partial charge in [0, 0.05) is 11.7 Å². The Morgan fingerprint density at radius 2 is 2.50 bits per heavy atom. The standard InChI is InChI=1S/C7H14N2O2S/c1-5(2-7(10)9-8)12-6-3-11-4-6/h5-6H,2-4,8H2,1H3,(H,9,10). The molecular weight excluding hydrogens is 176 g/mol. The predicted molar refractivity (Wildman–Crippen MR) is 48.6 cm³/mol. The van der Waals surface area contributed by atoms with Crippen molar-refractivity contribution in [3.8, 4) is 0 Å². The molecule has 1 unspecified atom stereocenters. The molecule has 1 aliphatic heterocycles. The zero-order valence-electron chi connectivity index (χ0n) is 7.08. The summed E-state index contributed by atoms with van der Waals surface area (Å²) in [5, 5.41) is 0.896. The number of rotatable bonds is 4. The minimum absolute atomic E-state index is 0.102. The normalized spacial score (nSPS) is 19.8. The summed E-state index contributed by atoms with van der Waals surface area (Å²) in [6.45, 7) is 3.66. The fourth-order valence-electron chi connectivity index (χ4n) is 0.989. The Hall–Kier alpha value is -0.260. The van der Waals surface area contributed by atoms with Gasteiger partial charge in [-0.15, -0.1) is 0 Å². The van der Waals surface area contributed by atoms with Crippen molar-refractivity contribution in [1.82, 2.24) is 5.43 Å². The maximum atomic E-state index is 10.8. The summed E-state index contributed by atoms with van der Waals surface area (Å²) in [7, 11) is 0. The number of hydrazine groups is 1. The molecule has 0 aromatic heterocycles. The van der Waals surface area contributed by atoms with Crippen LogP contribution in [-0.4, -0.2) is 29.6 Å². The summed E-state index contributed by atoms with van der Waals surface area (Å²) in [4.78, 5) is 10.8. The molecule has 1 atom stereocenters. The molecule has 0 spiro atoms. The quantitative estimate of drug-likeness (QED) is 0.369. The lowest BCUT2D eigenvalue weighted by Gasteiger charge is -2.27. The van der Waals surface area contributed by atoms with Crippen molar-refractivity contribution < 1.29 is 9.53 Å². The number of carbonyl (C=O) groups is 1. The predicted octanol–water partition coefficient (Wildman–Crippen LogP) is -0.113. The van der Waals surface area contributed by atoms with Crippen LogP contribution < -0.4 is 11.3 Å². The SMILES string of the molecule is CC(CC(=O)NN)SC1COC1. The summed E-state index contributed by atoms with van der Waals surface area (Å²) >= 11 is 1.79. The second-order valence-corrected chi connectivity index (χ2v) is 4.62. The monoisotopic (exact) mass is 190 g/mol. The highest BCUT2D eigenvalue weighted by atomic mass is 32.2. The summed E-state index contributed by atoms with van der Waals surface area (Å²) in [5.74, 6) is 4.86. The van der Waals surface area contributed by atoms with Gasteiger partial charge in [-0.3, -0.25) is 10.2 Å². The molecule has 12 heavy (non-hydrogen) atoms. The fraction of sp³-hybridized carbons (Fsp3) is 0.857. The number of hydrogen-bond donors (Lipinski definition) is 2. The maximum absolute atomic E-state index is 10.8. The number of nitrogens with two attached hydrogens (primary N) is 1. The summed E-state index contributed by atoms with van der Waals surface area (Å²) in [5.41, 5.74) is 2.12. The van der Waals surface area contributed by atoms with Gasteiger partial charge in [0.25, 0.3) is 0 Å². The van der Waals surface area contributed by atoms with E-state index in [2.05, 4.69) is 5.43 Å². The van der Waals surface area contributed by atoms with Crippen molar-refractivity contribution >= 4 is 17.7 Å². The van der Waals surface area contributed by atoms with Crippen LogP contribution in [0, 0.1) is 0 Å². The van der Waals surface area contributed by atoms with Crippen LogP contribution in [0.25, 0.3) is 0 Å². The number of ether oxygens (including phenoxy) is 1. The fourth-order valence-corrected chi connectivity index (χ4v) is 2.24. The van der Waals surface area contributed by atoms with Crippen LogP contribution in [-0.2, 0) is 9.53 Å². The van der Waals surface area contributed by atoms with E-state index in [1.54, 1.807) is 11.8 Å². The van der Waals surface area contributed by atoms with Crippen molar-refractivity contribution in [3.05, 3.63) is 0 Å². The minimum atomic E-state index is -0.102. The van der Waals surface area contributed by atoms with Gasteiger partial charge in [0.05, 0.1) is 18.5 Å². The Bertz CT molecular complexity index is 161. The zero-order chi connectivity index (χ0) is 8.97. The first-order chi connectivity index (χ1) is 5.72. The highest BCUT2D eigenvalue weighted by molar-refractivity contribution is 8.00. The Labute approximate surface area is 76.2 Å². The number of amides is 1. The third-order valence-electron chi connectivity index (χ3n) is 1.67. The van der Waals surface area contributed by atoms with E-state index in [0.717, 1.165) is 13.2 Å². The lowest BCUT2D eigenvalue weighted by atomic mass is 10.3. The van der Waals surface area contributed by atoms with Crippen molar-refractivity contribution in [2.45, 2.75) is 23.8 Å². The molecule has 1 saturated heterocycles. The van der Waals surface area contributed by atoms with E-state index in [9.17, 15) is 4.79 Å². The molecular formula is C7H14N2O2S. The number of thioether (sulfide) groups is 1. The Balaban J connectivity index is 2.10. The topological polar surface area (TPSA) is 64.4 Å². The van der Waals surface area contributed by atoms with Crippen LogP contribution in [0.2, 0.25) is 0 Å². The lowest BCUT2D eigenvalue weighted by Crippen LogP contribution is -2.35.